The fraction of sp³-hybridized carbons (Fsp3) is 0.318. The number of nitrogens with one attached hydrogen (secondary N) is 1. The maximum absolute atomic E-state index is 13.3. The average molecular weight is 461 g/mol. The summed E-state index contributed by atoms with van der Waals surface area (Å²) in [7, 11) is 0. The number of halogens is 4. The van der Waals surface area contributed by atoms with Gasteiger partial charge >= 0.3 is 18.2 Å². The number of fused-ring (bicyclic) bond motifs is 1. The minimum absolute atomic E-state index is 0.0491. The summed E-state index contributed by atoms with van der Waals surface area (Å²) in [5, 5.41) is 11.7. The van der Waals surface area contributed by atoms with Crippen molar-refractivity contribution >= 4 is 17.7 Å². The summed E-state index contributed by atoms with van der Waals surface area (Å²) in [5.74, 6) is -0.374. The molecular weight excluding hydrogens is 442 g/mol. The third-order valence-electron chi connectivity index (χ3n) is 5.74. The highest BCUT2D eigenvalue weighted by Crippen LogP contribution is 2.36. The molecule has 0 spiro atoms. The first-order valence-electron chi connectivity index (χ1n) is 10.1. The largest absolute Gasteiger partial charge is 0.417 e. The first-order chi connectivity index (χ1) is 15.7. The molecule has 2 aromatic rings. The molecule has 2 aliphatic heterocycles. The fourth-order valence-electron chi connectivity index (χ4n) is 4.03. The zero-order valence-electron chi connectivity index (χ0n) is 17.3. The van der Waals surface area contributed by atoms with Crippen LogP contribution in [0.5, 0.6) is 0 Å². The first-order valence-corrected chi connectivity index (χ1v) is 10.1. The van der Waals surface area contributed by atoms with Gasteiger partial charge in [-0.15, -0.1) is 0 Å². The van der Waals surface area contributed by atoms with Crippen molar-refractivity contribution in [2.75, 3.05) is 31.1 Å². The molecule has 0 aliphatic carbocycles. The molecule has 4 rings (SSSR count). The number of hydrogen-bond donors (Lipinski definition) is 1. The molecule has 0 unspecified atom stereocenters. The van der Waals surface area contributed by atoms with Gasteiger partial charge in [-0.25, -0.2) is 14.0 Å². The lowest BCUT2D eigenvalue weighted by Crippen LogP contribution is -2.55. The molecule has 4 amide bonds. The van der Waals surface area contributed by atoms with E-state index in [9.17, 15) is 27.2 Å². The molecule has 2 fully saturated rings. The summed E-state index contributed by atoms with van der Waals surface area (Å²) in [5.41, 5.74) is -0.832. The van der Waals surface area contributed by atoms with E-state index in [1.165, 1.54) is 34.1 Å². The molecular formula is C22H19F4N5O2. The number of anilines is 1. The van der Waals surface area contributed by atoms with Crippen molar-refractivity contribution in [2.24, 2.45) is 0 Å². The quantitative estimate of drug-likeness (QED) is 0.710. The van der Waals surface area contributed by atoms with Gasteiger partial charge in [-0.3, -0.25) is 4.90 Å². The van der Waals surface area contributed by atoms with Gasteiger partial charge in [-0.05, 0) is 35.9 Å². The van der Waals surface area contributed by atoms with Gasteiger partial charge in [0.15, 0.2) is 0 Å². The second kappa shape index (κ2) is 8.61. The van der Waals surface area contributed by atoms with Gasteiger partial charge in [-0.1, -0.05) is 12.1 Å². The number of carbonyl (C=O) groups is 2. The van der Waals surface area contributed by atoms with Crippen LogP contribution in [0.15, 0.2) is 42.5 Å². The minimum atomic E-state index is -4.73. The van der Waals surface area contributed by atoms with E-state index in [1.54, 1.807) is 17.0 Å². The van der Waals surface area contributed by atoms with E-state index in [0.29, 0.717) is 0 Å². The Hall–Kier alpha value is -3.81. The molecule has 1 atom stereocenters. The Morgan fingerprint density at radius 1 is 1.12 bits per heavy atom. The second-order valence-corrected chi connectivity index (χ2v) is 7.81. The predicted octanol–water partition coefficient (Wildman–Crippen LogP) is 3.55. The summed E-state index contributed by atoms with van der Waals surface area (Å²) in [4.78, 5) is 29.7. The summed E-state index contributed by atoms with van der Waals surface area (Å²) in [6.07, 6.45) is -4.73. The number of alkyl halides is 3. The van der Waals surface area contributed by atoms with Crippen LogP contribution in [-0.2, 0) is 12.7 Å². The molecule has 0 radical (unpaired) electrons. The number of carbonyl (C=O) groups excluding carboxylic acids is 2. The smallest absolute Gasteiger partial charge is 0.334 e. The summed E-state index contributed by atoms with van der Waals surface area (Å²) < 4.78 is 53.0. The second-order valence-electron chi connectivity index (χ2n) is 7.81. The lowest BCUT2D eigenvalue weighted by Gasteiger charge is -2.36. The SMILES string of the molecule is N#Cc1ccc(N2C[C@@H]3CN(C(=O)NCc4ccc(F)cc4)CCN3C2=O)cc1C(F)(F)F. The molecule has 2 saturated heterocycles. The molecule has 0 aromatic heterocycles. The van der Waals surface area contributed by atoms with Crippen LogP contribution in [0.3, 0.4) is 0 Å². The van der Waals surface area contributed by atoms with E-state index in [2.05, 4.69) is 5.32 Å². The molecule has 0 bridgehead atoms. The van der Waals surface area contributed by atoms with Crippen molar-refractivity contribution in [3.8, 4) is 6.07 Å². The van der Waals surface area contributed by atoms with Crippen LogP contribution < -0.4 is 10.2 Å². The van der Waals surface area contributed by atoms with Gasteiger partial charge in [0, 0.05) is 38.4 Å². The third-order valence-corrected chi connectivity index (χ3v) is 5.74. The van der Waals surface area contributed by atoms with Crippen LogP contribution in [-0.4, -0.2) is 54.1 Å². The number of piperazine rings is 1. The number of amides is 4. The standard InChI is InChI=1S/C22H19F4N5O2/c23-16-4-1-14(2-5-16)11-28-20(32)29-7-8-30-18(12-29)13-31(21(30)33)17-6-3-15(10-27)19(9-17)22(24,25)26/h1-6,9,18H,7-8,11-13H2,(H,28,32)/t18-/m0/s1. The average Bonchev–Trinajstić information content (AvgIpc) is 3.13. The van der Waals surface area contributed by atoms with E-state index < -0.39 is 23.3 Å². The van der Waals surface area contributed by atoms with Crippen molar-refractivity contribution in [3.63, 3.8) is 0 Å². The number of benzene rings is 2. The fourth-order valence-corrected chi connectivity index (χ4v) is 4.03. The monoisotopic (exact) mass is 461 g/mol. The number of nitriles is 1. The molecule has 172 valence electrons. The third kappa shape index (κ3) is 4.55. The van der Waals surface area contributed by atoms with E-state index in [0.717, 1.165) is 17.7 Å². The lowest BCUT2D eigenvalue weighted by atomic mass is 10.1. The van der Waals surface area contributed by atoms with Crippen LogP contribution >= 0.6 is 0 Å². The zero-order valence-corrected chi connectivity index (χ0v) is 17.3. The van der Waals surface area contributed by atoms with Gasteiger partial charge in [-0.2, -0.15) is 18.4 Å². The normalized spacial score (nSPS) is 18.2. The molecule has 2 aromatic carbocycles. The Morgan fingerprint density at radius 3 is 2.52 bits per heavy atom. The Labute approximate surface area is 186 Å². The van der Waals surface area contributed by atoms with Crippen molar-refractivity contribution in [1.82, 2.24) is 15.1 Å². The maximum atomic E-state index is 13.3. The Morgan fingerprint density at radius 2 is 1.85 bits per heavy atom. The zero-order chi connectivity index (χ0) is 23.8. The molecule has 2 aliphatic rings. The van der Waals surface area contributed by atoms with Crippen LogP contribution in [0.2, 0.25) is 0 Å². The van der Waals surface area contributed by atoms with Crippen molar-refractivity contribution in [2.45, 2.75) is 18.8 Å². The van der Waals surface area contributed by atoms with E-state index in [4.69, 9.17) is 5.26 Å². The molecule has 1 N–H and O–H groups in total. The molecule has 33 heavy (non-hydrogen) atoms. The molecule has 7 nitrogen and oxygen atoms in total. The minimum Gasteiger partial charge on any atom is -0.334 e. The van der Waals surface area contributed by atoms with Gasteiger partial charge in [0.05, 0.1) is 23.2 Å². The van der Waals surface area contributed by atoms with Crippen molar-refractivity contribution in [1.29, 1.82) is 5.26 Å². The number of rotatable bonds is 3. The summed E-state index contributed by atoms with van der Waals surface area (Å²) in [6.45, 7) is 1.06. The van der Waals surface area contributed by atoms with Gasteiger partial charge in [0.2, 0.25) is 0 Å². The summed E-state index contributed by atoms with van der Waals surface area (Å²) >= 11 is 0. The molecule has 2 heterocycles. The molecule has 0 saturated carbocycles. The van der Waals surface area contributed by atoms with E-state index in [-0.39, 0.29) is 56.3 Å². The Kier molecular flexibility index (Phi) is 5.84. The van der Waals surface area contributed by atoms with Crippen LogP contribution in [0.1, 0.15) is 16.7 Å². The first kappa shape index (κ1) is 22.4. The predicted molar refractivity (Wildman–Crippen MR) is 110 cm³/mol. The Balaban J connectivity index is 1.43. The van der Waals surface area contributed by atoms with Gasteiger partial charge in [0.25, 0.3) is 0 Å². The highest BCUT2D eigenvalue weighted by Gasteiger charge is 2.43. The summed E-state index contributed by atoms with van der Waals surface area (Å²) in [6, 6.07) is 9.26. The van der Waals surface area contributed by atoms with Gasteiger partial charge in [0.1, 0.15) is 5.82 Å². The van der Waals surface area contributed by atoms with E-state index in [1.807, 2.05) is 0 Å². The lowest BCUT2D eigenvalue weighted by molar-refractivity contribution is -0.137. The molecule has 11 heteroatoms. The van der Waals surface area contributed by atoms with Crippen LogP contribution in [0.4, 0.5) is 32.8 Å². The van der Waals surface area contributed by atoms with Gasteiger partial charge < -0.3 is 15.1 Å². The van der Waals surface area contributed by atoms with Crippen molar-refractivity contribution < 1.29 is 27.2 Å². The number of nitrogens with zero attached hydrogens (tertiary/aromatic N) is 4. The Bertz CT molecular complexity index is 1110. The highest BCUT2D eigenvalue weighted by atomic mass is 19.4. The number of urea groups is 2. The maximum Gasteiger partial charge on any atom is 0.417 e. The van der Waals surface area contributed by atoms with Crippen LogP contribution in [0.25, 0.3) is 0 Å². The van der Waals surface area contributed by atoms with E-state index >= 15 is 0 Å². The topological polar surface area (TPSA) is 79.7 Å². The van der Waals surface area contributed by atoms with Crippen LogP contribution in [0, 0.1) is 17.1 Å². The highest BCUT2D eigenvalue weighted by molar-refractivity contribution is 5.95. The van der Waals surface area contributed by atoms with Crippen molar-refractivity contribution in [3.05, 3.63) is 65.0 Å². The number of hydrogen-bond acceptors (Lipinski definition) is 3.